The number of hydrogen-bond donors (Lipinski definition) is 0. The molecule has 63 heavy (non-hydrogen) atoms. The van der Waals surface area contributed by atoms with Crippen molar-refractivity contribution in [2.75, 3.05) is 0 Å². The van der Waals surface area contributed by atoms with Crippen LogP contribution >= 0.6 is 11.3 Å². The summed E-state index contributed by atoms with van der Waals surface area (Å²) in [5.41, 5.74) is 10.6. The van der Waals surface area contributed by atoms with Crippen molar-refractivity contribution in [3.05, 3.63) is 175 Å². The Morgan fingerprint density at radius 3 is 1.84 bits per heavy atom. The number of fused-ring (bicyclic) bond motifs is 12. The molecule has 0 fully saturated rings. The van der Waals surface area contributed by atoms with Gasteiger partial charge >= 0.3 is 0 Å². The first-order valence-corrected chi connectivity index (χ1v) is 22.8. The fourth-order valence-corrected chi connectivity index (χ4v) is 11.7. The Bertz CT molecular complexity index is 3850. The molecule has 1 aliphatic carbocycles. The largest absolute Gasteiger partial charge is 0.309 e. The predicted molar refractivity (Wildman–Crippen MR) is 265 cm³/mol. The summed E-state index contributed by atoms with van der Waals surface area (Å²) in [5.74, 6) is 1.86. The molecular weight excluding hydrogens is 787 g/mol. The fraction of sp³-hybridized carbons (Fsp3) is 0.140. The molecular formula is C57H43N5S. The second-order valence-corrected chi connectivity index (χ2v) is 19.8. The molecule has 0 saturated carbocycles. The minimum Gasteiger partial charge on any atom is -0.309 e. The molecule has 5 nitrogen and oxygen atoms in total. The minimum absolute atomic E-state index is 0.0708. The highest BCUT2D eigenvalue weighted by atomic mass is 32.1. The third-order valence-electron chi connectivity index (χ3n) is 14.0. The summed E-state index contributed by atoms with van der Waals surface area (Å²) in [6.07, 6.45) is 2.32. The highest BCUT2D eigenvalue weighted by molar-refractivity contribution is 7.25. The maximum atomic E-state index is 5.45. The third-order valence-corrected chi connectivity index (χ3v) is 15.2. The van der Waals surface area contributed by atoms with Gasteiger partial charge in [0.25, 0.3) is 0 Å². The van der Waals surface area contributed by atoms with E-state index in [-0.39, 0.29) is 10.8 Å². The quantitative estimate of drug-likeness (QED) is 0.178. The molecule has 0 amide bonds. The maximum Gasteiger partial charge on any atom is 0.238 e. The molecule has 0 spiro atoms. The van der Waals surface area contributed by atoms with Gasteiger partial charge in [-0.15, -0.1) is 11.3 Å². The average molecular weight is 830 g/mol. The summed E-state index contributed by atoms with van der Waals surface area (Å²) >= 11 is 1.82. The van der Waals surface area contributed by atoms with Crippen molar-refractivity contribution in [2.45, 2.75) is 51.4 Å². The van der Waals surface area contributed by atoms with E-state index in [1.807, 2.05) is 29.5 Å². The van der Waals surface area contributed by atoms with Crippen molar-refractivity contribution in [2.24, 2.45) is 0 Å². The number of benzene rings is 8. The van der Waals surface area contributed by atoms with Gasteiger partial charge in [-0.3, -0.25) is 4.57 Å². The lowest BCUT2D eigenvalue weighted by atomic mass is 9.63. The van der Waals surface area contributed by atoms with E-state index in [1.54, 1.807) is 0 Å². The van der Waals surface area contributed by atoms with Crippen LogP contribution in [0.4, 0.5) is 0 Å². The molecule has 0 N–H and O–H groups in total. The van der Waals surface area contributed by atoms with E-state index in [0.717, 1.165) is 46.2 Å². The third kappa shape index (κ3) is 5.44. The molecule has 0 aliphatic heterocycles. The van der Waals surface area contributed by atoms with Crippen molar-refractivity contribution >= 4 is 85.9 Å². The van der Waals surface area contributed by atoms with Crippen molar-refractivity contribution in [3.63, 3.8) is 0 Å². The van der Waals surface area contributed by atoms with Crippen LogP contribution in [0.25, 0.3) is 109 Å². The summed E-state index contributed by atoms with van der Waals surface area (Å²) in [5, 5.41) is 9.76. The van der Waals surface area contributed by atoms with E-state index in [1.165, 1.54) is 69.1 Å². The van der Waals surface area contributed by atoms with Crippen LogP contribution in [0.2, 0.25) is 0 Å². The van der Waals surface area contributed by atoms with Gasteiger partial charge in [-0.2, -0.15) is 9.97 Å². The van der Waals surface area contributed by atoms with Gasteiger partial charge in [0, 0.05) is 58.5 Å². The molecule has 4 aromatic heterocycles. The van der Waals surface area contributed by atoms with Crippen LogP contribution in [-0.4, -0.2) is 24.1 Å². The molecule has 0 unspecified atom stereocenters. The first-order valence-electron chi connectivity index (χ1n) is 22.0. The van der Waals surface area contributed by atoms with Crippen molar-refractivity contribution < 1.29 is 0 Å². The van der Waals surface area contributed by atoms with Crippen LogP contribution in [0, 0.1) is 0 Å². The second-order valence-electron chi connectivity index (χ2n) is 18.7. The van der Waals surface area contributed by atoms with Gasteiger partial charge < -0.3 is 4.57 Å². The lowest BCUT2D eigenvalue weighted by Crippen LogP contribution is -2.33. The lowest BCUT2D eigenvalue weighted by molar-refractivity contribution is 0.332. The van der Waals surface area contributed by atoms with Crippen LogP contribution in [0.3, 0.4) is 0 Å². The fourth-order valence-electron chi connectivity index (χ4n) is 10.6. The molecule has 13 rings (SSSR count). The molecule has 8 aromatic carbocycles. The lowest BCUT2D eigenvalue weighted by Gasteiger charge is -2.42. The Labute approximate surface area is 368 Å². The van der Waals surface area contributed by atoms with E-state index in [0.29, 0.717) is 17.6 Å². The SMILES string of the molecule is CC1(C)CCC(C)(C)c2cc3c(cc21)c1cc2c4c5ccccc5ccc4n(-c4nc(-c5ccccc5)nc(-c5ccc6sc7ccccc7c6c5)n4)c2cc1n3-c1ccccc1. The monoisotopic (exact) mass is 829 g/mol. The molecule has 6 heteroatoms. The summed E-state index contributed by atoms with van der Waals surface area (Å²) in [6.45, 7) is 9.69. The van der Waals surface area contributed by atoms with E-state index in [9.17, 15) is 0 Å². The van der Waals surface area contributed by atoms with Crippen LogP contribution in [0.15, 0.2) is 164 Å². The summed E-state index contributed by atoms with van der Waals surface area (Å²) in [7, 11) is 0. The Kier molecular flexibility index (Phi) is 7.64. The Morgan fingerprint density at radius 1 is 0.429 bits per heavy atom. The maximum absolute atomic E-state index is 5.45. The molecule has 0 radical (unpaired) electrons. The van der Waals surface area contributed by atoms with Crippen molar-refractivity contribution in [1.29, 1.82) is 0 Å². The average Bonchev–Trinajstić information content (AvgIpc) is 3.96. The normalized spacial score (nSPS) is 14.8. The number of rotatable bonds is 4. The highest BCUT2D eigenvalue weighted by Crippen LogP contribution is 2.50. The topological polar surface area (TPSA) is 48.5 Å². The molecule has 12 aromatic rings. The summed E-state index contributed by atoms with van der Waals surface area (Å²) in [6, 6.07) is 59.6. The first kappa shape index (κ1) is 36.5. The van der Waals surface area contributed by atoms with Crippen LogP contribution in [-0.2, 0) is 10.8 Å². The first-order chi connectivity index (χ1) is 30.7. The zero-order valence-electron chi connectivity index (χ0n) is 35.6. The van der Waals surface area contributed by atoms with E-state index in [4.69, 9.17) is 15.0 Å². The van der Waals surface area contributed by atoms with Gasteiger partial charge in [0.05, 0.1) is 22.1 Å². The minimum atomic E-state index is 0.0708. The zero-order chi connectivity index (χ0) is 42.2. The molecule has 1 aliphatic rings. The van der Waals surface area contributed by atoms with Crippen LogP contribution < -0.4 is 0 Å². The van der Waals surface area contributed by atoms with Gasteiger partial charge in [-0.05, 0) is 112 Å². The van der Waals surface area contributed by atoms with Gasteiger partial charge in [0.1, 0.15) is 0 Å². The van der Waals surface area contributed by atoms with Gasteiger partial charge in [0.15, 0.2) is 11.6 Å². The number of para-hydroxylation sites is 1. The van der Waals surface area contributed by atoms with Crippen LogP contribution in [0.5, 0.6) is 0 Å². The highest BCUT2D eigenvalue weighted by Gasteiger charge is 2.38. The zero-order valence-corrected chi connectivity index (χ0v) is 36.5. The molecule has 302 valence electrons. The molecule has 0 saturated heterocycles. The predicted octanol–water partition coefficient (Wildman–Crippen LogP) is 15.3. The van der Waals surface area contributed by atoms with Gasteiger partial charge in [0.2, 0.25) is 5.95 Å². The Hall–Kier alpha value is -7.15. The summed E-state index contributed by atoms with van der Waals surface area (Å²) in [4.78, 5) is 16.0. The van der Waals surface area contributed by atoms with Gasteiger partial charge in [-0.1, -0.05) is 125 Å². The van der Waals surface area contributed by atoms with Gasteiger partial charge in [-0.25, -0.2) is 4.98 Å². The van der Waals surface area contributed by atoms with E-state index >= 15 is 0 Å². The molecule has 0 bridgehead atoms. The molecule has 4 heterocycles. The number of thiophene rings is 1. The van der Waals surface area contributed by atoms with E-state index in [2.05, 4.69) is 182 Å². The van der Waals surface area contributed by atoms with Crippen molar-refractivity contribution in [3.8, 4) is 34.4 Å². The molecule has 0 atom stereocenters. The second kappa shape index (κ2) is 13.2. The Balaban J connectivity index is 1.16. The van der Waals surface area contributed by atoms with E-state index < -0.39 is 0 Å². The Morgan fingerprint density at radius 2 is 1.05 bits per heavy atom. The standard InChI is InChI=1S/C57H43N5S/c1-56(2)27-28-57(3,4)45-32-47-41(31-44(45)56)40-30-43-49(33-48(40)61(47)37-18-9-6-10-19-37)62(46-25-23-34-15-11-12-20-38(34)52(43)46)55-59-53(35-16-7-5-8-17-35)58-54(60-55)36-24-26-51-42(29-36)39-21-13-14-22-50(39)63-51/h5-26,29-33H,27-28H2,1-4H3. The number of hydrogen-bond acceptors (Lipinski definition) is 4. The van der Waals surface area contributed by atoms with Crippen LogP contribution in [0.1, 0.15) is 51.7 Å². The summed E-state index contributed by atoms with van der Waals surface area (Å²) < 4.78 is 7.29. The van der Waals surface area contributed by atoms with Crippen molar-refractivity contribution in [1.82, 2.24) is 24.1 Å². The number of nitrogens with zero attached hydrogens (tertiary/aromatic N) is 5. The smallest absolute Gasteiger partial charge is 0.238 e. The number of aromatic nitrogens is 5.